The van der Waals surface area contributed by atoms with Crippen LogP contribution in [0.15, 0.2) is 58.8 Å². The summed E-state index contributed by atoms with van der Waals surface area (Å²) < 4.78 is 0. The van der Waals surface area contributed by atoms with Crippen LogP contribution < -0.4 is 24.8 Å². The minimum atomic E-state index is 0. The van der Waals surface area contributed by atoms with Gasteiger partial charge in [-0.3, -0.25) is 9.98 Å². The number of hydrogen-bond donors (Lipinski definition) is 0. The fraction of sp³-hybridized carbons (Fsp3) is 0.296. The van der Waals surface area contributed by atoms with Crippen molar-refractivity contribution in [3.8, 4) is 0 Å². The van der Waals surface area contributed by atoms with Gasteiger partial charge in [0.2, 0.25) is 0 Å². The maximum Gasteiger partial charge on any atom is -1.00 e. The molecule has 177 valence electrons. The summed E-state index contributed by atoms with van der Waals surface area (Å²) in [4.78, 5) is 13.1. The van der Waals surface area contributed by atoms with Gasteiger partial charge in [0.15, 0.2) is 0 Å². The molecule has 3 nitrogen and oxygen atoms in total. The number of aryl methyl sites for hydroxylation is 6. The molecule has 0 radical (unpaired) electrons. The minimum absolute atomic E-state index is 0. The second-order valence-corrected chi connectivity index (χ2v) is 8.28. The second kappa shape index (κ2) is 15.8. The smallest absolute Gasteiger partial charge is 1.00 e. The van der Waals surface area contributed by atoms with Gasteiger partial charge < -0.3 is 24.8 Å². The molecule has 2 aromatic carbocycles. The van der Waals surface area contributed by atoms with Gasteiger partial charge in [0.05, 0.1) is 5.69 Å². The zero-order valence-corrected chi connectivity index (χ0v) is 22.8. The van der Waals surface area contributed by atoms with Crippen molar-refractivity contribution in [1.82, 2.24) is 4.98 Å². The Morgan fingerprint density at radius 1 is 0.758 bits per heavy atom. The molecule has 3 rings (SSSR count). The van der Waals surface area contributed by atoms with Gasteiger partial charge in [-0.1, -0.05) is 23.8 Å². The van der Waals surface area contributed by atoms with Gasteiger partial charge >= 0.3 is 87.8 Å². The summed E-state index contributed by atoms with van der Waals surface area (Å²) in [5.74, 6) is 0. The van der Waals surface area contributed by atoms with Gasteiger partial charge in [0, 0.05) is 25.0 Å². The molecule has 33 heavy (non-hydrogen) atoms. The van der Waals surface area contributed by atoms with Crippen LogP contribution in [0.1, 0.15) is 38.9 Å². The number of hydrogen-bond acceptors (Lipinski definition) is 3. The van der Waals surface area contributed by atoms with E-state index in [0.717, 1.165) is 23.1 Å². The Labute approximate surface area is 219 Å². The van der Waals surface area contributed by atoms with Crippen LogP contribution in [0.25, 0.3) is 0 Å². The van der Waals surface area contributed by atoms with Crippen LogP contribution >= 0.6 is 0 Å². The van der Waals surface area contributed by atoms with E-state index in [4.69, 9.17) is 0 Å². The molecule has 0 fully saturated rings. The molecule has 0 bridgehead atoms. The van der Waals surface area contributed by atoms with Crippen molar-refractivity contribution in [2.45, 2.75) is 53.3 Å². The van der Waals surface area contributed by atoms with Gasteiger partial charge in [-0.15, -0.1) is 0 Å². The largest absolute Gasteiger partial charge is 1.00 e. The molecule has 0 aliphatic rings. The Balaban J connectivity index is 0.000000613. The fourth-order valence-corrected chi connectivity index (χ4v) is 3.74. The van der Waals surface area contributed by atoms with E-state index in [1.165, 1.54) is 38.9 Å². The first-order chi connectivity index (χ1) is 14.8. The molecule has 0 saturated heterocycles. The zero-order valence-electron chi connectivity index (χ0n) is 20.1. The minimum Gasteiger partial charge on any atom is -1.00 e. The van der Waals surface area contributed by atoms with Gasteiger partial charge in [0.1, 0.15) is 0 Å². The third-order valence-electron chi connectivity index (χ3n) is 4.83. The summed E-state index contributed by atoms with van der Waals surface area (Å²) in [6.07, 6.45) is 8.29. The molecule has 0 saturated carbocycles. The average molecular weight is 525 g/mol. The van der Waals surface area contributed by atoms with Crippen LogP contribution in [-0.2, 0) is 22.4 Å². The quantitative estimate of drug-likeness (QED) is 0.365. The maximum absolute atomic E-state index is 4.59. The third-order valence-corrected chi connectivity index (χ3v) is 5.03. The topological polar surface area (TPSA) is 37.6 Å². The van der Waals surface area contributed by atoms with E-state index in [-0.39, 0.29) is 24.8 Å². The summed E-state index contributed by atoms with van der Waals surface area (Å²) >= 11 is 3.73. The van der Waals surface area contributed by atoms with Crippen LogP contribution in [0, 0.1) is 41.5 Å². The predicted octanol–water partition coefficient (Wildman–Crippen LogP) is 1.24. The molecule has 0 aliphatic heterocycles. The zero-order chi connectivity index (χ0) is 22.8. The van der Waals surface area contributed by atoms with Gasteiger partial charge in [-0.25, -0.2) is 0 Å². The van der Waals surface area contributed by atoms with Crippen LogP contribution in [0.4, 0.5) is 11.4 Å². The summed E-state index contributed by atoms with van der Waals surface area (Å²) in [7, 11) is 0. The SMILES string of the molecule is Cc1cc(C)c(N=CCc2cccnc2)c(C)c1.Cc1cc(C)c(N=C[CH2][Fe+2])c(C)c1.[Cl-].[Cl-]. The molecular weight excluding hydrogens is 493 g/mol. The number of halogens is 2. The summed E-state index contributed by atoms with van der Waals surface area (Å²) in [5.41, 5.74) is 10.9. The molecule has 1 heterocycles. The van der Waals surface area contributed by atoms with Crippen LogP contribution in [0.5, 0.6) is 0 Å². The van der Waals surface area contributed by atoms with Gasteiger partial charge in [0.25, 0.3) is 0 Å². The van der Waals surface area contributed by atoms with E-state index >= 15 is 0 Å². The standard InChI is InChI=1S/C16H18N2.C11H14N.2ClH.Fe/c1-12-9-13(2)16(14(3)10-12)18-8-6-15-5-4-7-17-11-15;1-5-12-11-9(3)6-8(2)7-10(11)4;;;/h4-5,7-11H,6H2,1-3H3;5-7H,1H2,2-4H3;2*1H;/q;;;;+2/p-2. The number of rotatable bonds is 5. The number of aromatic nitrogens is 1. The fourth-order valence-electron chi connectivity index (χ4n) is 3.64. The number of aliphatic imine (C=N–C) groups is 2. The molecule has 0 N–H and O–H groups in total. The van der Waals surface area contributed by atoms with Gasteiger partial charge in [-0.2, -0.15) is 0 Å². The molecule has 0 unspecified atom stereocenters. The summed E-state index contributed by atoms with van der Waals surface area (Å²) in [5, 5.41) is 0.743. The van der Waals surface area contributed by atoms with Crippen LogP contribution in [0.2, 0.25) is 5.32 Å². The summed E-state index contributed by atoms with van der Waals surface area (Å²) in [6, 6.07) is 12.7. The van der Waals surface area contributed by atoms with E-state index in [1.807, 2.05) is 24.7 Å². The predicted molar refractivity (Wildman–Crippen MR) is 130 cm³/mol. The monoisotopic (exact) mass is 524 g/mol. The van der Waals surface area contributed by atoms with E-state index in [9.17, 15) is 0 Å². The maximum atomic E-state index is 4.59. The Bertz CT molecular complexity index is 1020. The first-order valence-electron chi connectivity index (χ1n) is 10.5. The Morgan fingerprint density at radius 3 is 1.61 bits per heavy atom. The van der Waals surface area contributed by atoms with Crippen LogP contribution in [0.3, 0.4) is 0 Å². The van der Waals surface area contributed by atoms with Crippen molar-refractivity contribution in [1.29, 1.82) is 0 Å². The van der Waals surface area contributed by atoms with E-state index in [2.05, 4.69) is 103 Å². The molecule has 1 aromatic heterocycles. The summed E-state index contributed by atoms with van der Waals surface area (Å²) in [6.45, 7) is 12.6. The average Bonchev–Trinajstić information content (AvgIpc) is 2.70. The van der Waals surface area contributed by atoms with Crippen LogP contribution in [-0.4, -0.2) is 17.4 Å². The first-order valence-corrected chi connectivity index (χ1v) is 11.2. The van der Waals surface area contributed by atoms with E-state index in [0.29, 0.717) is 0 Å². The molecule has 0 spiro atoms. The van der Waals surface area contributed by atoms with Crippen molar-refractivity contribution in [3.05, 3.63) is 87.7 Å². The Hall–Kier alpha value is -1.97. The van der Waals surface area contributed by atoms with Crippen molar-refractivity contribution in [2.75, 3.05) is 0 Å². The Morgan fingerprint density at radius 2 is 1.21 bits per heavy atom. The molecular formula is C27H32Cl2FeN3. The molecule has 0 amide bonds. The molecule has 0 aliphatic carbocycles. The molecule has 6 heteroatoms. The van der Waals surface area contributed by atoms with Crippen molar-refractivity contribution < 1.29 is 40.8 Å². The van der Waals surface area contributed by atoms with E-state index < -0.39 is 0 Å². The number of benzene rings is 2. The second-order valence-electron chi connectivity index (χ2n) is 7.83. The Kier molecular flexibility index (Phi) is 14.9. The van der Waals surface area contributed by atoms with Crippen molar-refractivity contribution in [3.63, 3.8) is 0 Å². The number of pyridine rings is 1. The molecule has 0 atom stereocenters. The third kappa shape index (κ3) is 10.2. The number of nitrogens with zero attached hydrogens (tertiary/aromatic N) is 3. The first kappa shape index (κ1) is 31.0. The molecule has 3 aromatic rings. The van der Waals surface area contributed by atoms with Gasteiger partial charge in [-0.05, 0) is 43.5 Å². The van der Waals surface area contributed by atoms with Crippen molar-refractivity contribution >= 4 is 23.8 Å². The van der Waals surface area contributed by atoms with Crippen molar-refractivity contribution in [2.24, 2.45) is 9.98 Å². The normalized spacial score (nSPS) is 10.4. The van der Waals surface area contributed by atoms with E-state index in [1.54, 1.807) is 6.20 Å².